The molecule has 0 fully saturated rings. The molecule has 0 unspecified atom stereocenters. The lowest BCUT2D eigenvalue weighted by atomic mass is 10.1. The van der Waals surface area contributed by atoms with E-state index in [0.717, 1.165) is 33.1 Å². The van der Waals surface area contributed by atoms with Gasteiger partial charge in [-0.1, -0.05) is 24.3 Å². The van der Waals surface area contributed by atoms with Crippen molar-refractivity contribution in [3.05, 3.63) is 87.7 Å². The molecule has 0 saturated heterocycles. The van der Waals surface area contributed by atoms with Crippen LogP contribution in [-0.2, 0) is 13.1 Å². The van der Waals surface area contributed by atoms with Crippen molar-refractivity contribution < 1.29 is 4.39 Å². The van der Waals surface area contributed by atoms with Crippen LogP contribution in [0.2, 0.25) is 0 Å². The molecule has 0 spiro atoms. The Morgan fingerprint density at radius 3 is 2.90 bits per heavy atom. The van der Waals surface area contributed by atoms with Gasteiger partial charge in [0.15, 0.2) is 0 Å². The van der Waals surface area contributed by atoms with E-state index in [0.29, 0.717) is 18.4 Å². The van der Waals surface area contributed by atoms with E-state index in [-0.39, 0.29) is 18.8 Å². The molecule has 6 nitrogen and oxygen atoms in total. The minimum Gasteiger partial charge on any atom is -0.327 e. The van der Waals surface area contributed by atoms with E-state index in [1.54, 1.807) is 11.3 Å². The van der Waals surface area contributed by atoms with Gasteiger partial charge in [0.1, 0.15) is 6.33 Å². The second kappa shape index (κ2) is 8.50. The van der Waals surface area contributed by atoms with Gasteiger partial charge < -0.3 is 5.73 Å². The standard InChI is InChI=1S/C21H20FN5OS/c22-10-15(11-23)12-27-21(28)26(14-25-27)13-18-6-7-20(29-18)17-4-1-3-16(9-17)19-5-2-8-24-19/h1-7,9-10,14H,8,11-13,23H2/b15-10+. The van der Waals surface area contributed by atoms with Crippen molar-refractivity contribution in [2.24, 2.45) is 10.7 Å². The highest BCUT2D eigenvalue weighted by Crippen LogP contribution is 2.29. The Kier molecular flexibility index (Phi) is 5.64. The molecule has 2 aromatic heterocycles. The fourth-order valence-electron chi connectivity index (χ4n) is 3.10. The normalized spacial score (nSPS) is 13.9. The van der Waals surface area contributed by atoms with E-state index < -0.39 is 0 Å². The van der Waals surface area contributed by atoms with Gasteiger partial charge in [-0.05, 0) is 35.4 Å². The van der Waals surface area contributed by atoms with Gasteiger partial charge in [0.25, 0.3) is 0 Å². The summed E-state index contributed by atoms with van der Waals surface area (Å²) in [5.74, 6) is 0. The fourth-order valence-corrected chi connectivity index (χ4v) is 4.10. The summed E-state index contributed by atoms with van der Waals surface area (Å²) >= 11 is 1.63. The first kappa shape index (κ1) is 19.2. The maximum Gasteiger partial charge on any atom is 0.346 e. The predicted molar refractivity (Wildman–Crippen MR) is 114 cm³/mol. The lowest BCUT2D eigenvalue weighted by molar-refractivity contribution is 0.604. The first-order chi connectivity index (χ1) is 14.2. The van der Waals surface area contributed by atoms with Crippen LogP contribution in [-0.4, -0.2) is 33.1 Å². The molecule has 0 amide bonds. The van der Waals surface area contributed by atoms with Gasteiger partial charge in [-0.15, -0.1) is 11.3 Å². The SMILES string of the molecule is NC/C(=C\F)Cn1ncn(Cc2ccc(-c3cccc(C4=NCC=C4)c3)s2)c1=O. The van der Waals surface area contributed by atoms with Crippen LogP contribution in [0, 0.1) is 0 Å². The lowest BCUT2D eigenvalue weighted by Crippen LogP contribution is -2.26. The Bertz CT molecular complexity index is 1170. The molecule has 3 heterocycles. The zero-order chi connectivity index (χ0) is 20.2. The lowest BCUT2D eigenvalue weighted by Gasteiger charge is -2.03. The monoisotopic (exact) mass is 409 g/mol. The van der Waals surface area contributed by atoms with Gasteiger partial charge in [-0.2, -0.15) is 5.10 Å². The molecule has 1 aliphatic heterocycles. The number of halogens is 1. The topological polar surface area (TPSA) is 78.2 Å². The van der Waals surface area contributed by atoms with Gasteiger partial charge >= 0.3 is 5.69 Å². The van der Waals surface area contributed by atoms with Crippen LogP contribution in [0.5, 0.6) is 0 Å². The summed E-state index contributed by atoms with van der Waals surface area (Å²) < 4.78 is 15.4. The molecule has 0 bridgehead atoms. The number of hydrogen-bond donors (Lipinski definition) is 1. The minimum absolute atomic E-state index is 0.0470. The molecule has 0 aliphatic carbocycles. The van der Waals surface area contributed by atoms with Gasteiger partial charge in [0.2, 0.25) is 0 Å². The van der Waals surface area contributed by atoms with E-state index in [1.165, 1.54) is 15.6 Å². The molecule has 1 aliphatic rings. The second-order valence-corrected chi connectivity index (χ2v) is 7.81. The van der Waals surface area contributed by atoms with Crippen LogP contribution >= 0.6 is 11.3 Å². The maximum atomic E-state index is 12.7. The van der Waals surface area contributed by atoms with Crippen LogP contribution in [0.3, 0.4) is 0 Å². The van der Waals surface area contributed by atoms with Gasteiger partial charge in [-0.3, -0.25) is 9.56 Å². The van der Waals surface area contributed by atoms with E-state index in [1.807, 2.05) is 24.3 Å². The fraction of sp³-hybridized carbons (Fsp3) is 0.190. The molecule has 1 aromatic carbocycles. The molecule has 148 valence electrons. The highest BCUT2D eigenvalue weighted by Gasteiger charge is 2.11. The van der Waals surface area contributed by atoms with E-state index in [2.05, 4.69) is 34.4 Å². The van der Waals surface area contributed by atoms with Crippen LogP contribution in [0.15, 0.2) is 76.6 Å². The van der Waals surface area contributed by atoms with Crippen LogP contribution < -0.4 is 11.4 Å². The van der Waals surface area contributed by atoms with E-state index in [4.69, 9.17) is 5.73 Å². The number of aliphatic imine (C=N–C) groups is 1. The third-order valence-corrected chi connectivity index (χ3v) is 5.76. The van der Waals surface area contributed by atoms with Crippen molar-refractivity contribution in [1.82, 2.24) is 14.3 Å². The number of hydrogen-bond acceptors (Lipinski definition) is 5. The molecule has 0 radical (unpaired) electrons. The molecule has 2 N–H and O–H groups in total. The molecule has 29 heavy (non-hydrogen) atoms. The molecule has 0 saturated carbocycles. The van der Waals surface area contributed by atoms with Gasteiger partial charge in [0, 0.05) is 21.9 Å². The van der Waals surface area contributed by atoms with Crippen LogP contribution in [0.4, 0.5) is 4.39 Å². The summed E-state index contributed by atoms with van der Waals surface area (Å²) in [6.07, 6.45) is 5.98. The van der Waals surface area contributed by atoms with Crippen molar-refractivity contribution in [1.29, 1.82) is 0 Å². The Morgan fingerprint density at radius 1 is 1.28 bits per heavy atom. The Balaban J connectivity index is 1.52. The average Bonchev–Trinajstić information content (AvgIpc) is 3.50. The number of rotatable bonds is 7. The first-order valence-corrected chi connectivity index (χ1v) is 10.0. The zero-order valence-corrected chi connectivity index (χ0v) is 16.5. The summed E-state index contributed by atoms with van der Waals surface area (Å²) in [5.41, 5.74) is 8.69. The molecular weight excluding hydrogens is 389 g/mol. The molecule has 4 rings (SSSR count). The zero-order valence-electron chi connectivity index (χ0n) is 15.7. The highest BCUT2D eigenvalue weighted by atomic mass is 32.1. The summed E-state index contributed by atoms with van der Waals surface area (Å²) in [7, 11) is 0. The Hall–Kier alpha value is -3.10. The summed E-state index contributed by atoms with van der Waals surface area (Å²) in [5, 5.41) is 4.06. The molecular formula is C21H20FN5OS. The number of benzene rings is 1. The van der Waals surface area contributed by atoms with Crippen molar-refractivity contribution in [3.8, 4) is 10.4 Å². The number of nitrogens with zero attached hydrogens (tertiary/aromatic N) is 4. The summed E-state index contributed by atoms with van der Waals surface area (Å²) in [6.45, 7) is 1.25. The van der Waals surface area contributed by atoms with Gasteiger partial charge in [0.05, 0.1) is 31.7 Å². The second-order valence-electron chi connectivity index (χ2n) is 6.65. The molecule has 3 aromatic rings. The third-order valence-electron chi connectivity index (χ3n) is 4.64. The largest absolute Gasteiger partial charge is 0.346 e. The van der Waals surface area contributed by atoms with Gasteiger partial charge in [-0.25, -0.2) is 13.9 Å². The predicted octanol–water partition coefficient (Wildman–Crippen LogP) is 2.99. The summed E-state index contributed by atoms with van der Waals surface area (Å²) in [4.78, 5) is 19.1. The van der Waals surface area contributed by atoms with E-state index >= 15 is 0 Å². The first-order valence-electron chi connectivity index (χ1n) is 9.19. The maximum absolute atomic E-state index is 12.7. The minimum atomic E-state index is -0.291. The molecule has 8 heteroatoms. The van der Waals surface area contributed by atoms with Crippen molar-refractivity contribution in [2.75, 3.05) is 13.1 Å². The van der Waals surface area contributed by atoms with Crippen LogP contribution in [0.1, 0.15) is 10.4 Å². The van der Waals surface area contributed by atoms with Crippen molar-refractivity contribution in [3.63, 3.8) is 0 Å². The number of thiophene rings is 1. The van der Waals surface area contributed by atoms with Crippen molar-refractivity contribution >= 4 is 17.0 Å². The van der Waals surface area contributed by atoms with E-state index in [9.17, 15) is 9.18 Å². The number of allylic oxidation sites excluding steroid dienone is 1. The average molecular weight is 409 g/mol. The Morgan fingerprint density at radius 2 is 2.14 bits per heavy atom. The number of nitrogens with two attached hydrogens (primary N) is 1. The molecule has 0 atom stereocenters. The quantitative estimate of drug-likeness (QED) is 0.652. The highest BCUT2D eigenvalue weighted by molar-refractivity contribution is 7.15. The third kappa shape index (κ3) is 4.18. The summed E-state index contributed by atoms with van der Waals surface area (Å²) in [6, 6.07) is 12.4. The number of aromatic nitrogens is 3. The smallest absolute Gasteiger partial charge is 0.327 e. The van der Waals surface area contributed by atoms with Crippen molar-refractivity contribution in [2.45, 2.75) is 13.1 Å². The van der Waals surface area contributed by atoms with Crippen LogP contribution in [0.25, 0.3) is 10.4 Å². The Labute approximate surface area is 171 Å².